The molecule has 1 heterocycles. The summed E-state index contributed by atoms with van der Waals surface area (Å²) in [7, 11) is 0. The molecular weight excluding hydrogens is 163 g/mol. The third-order valence-electron chi connectivity index (χ3n) is 0.767. The summed E-state index contributed by atoms with van der Waals surface area (Å²) in [5.74, 6) is 0.0710. The van der Waals surface area contributed by atoms with Crippen LogP contribution in [0.25, 0.3) is 0 Å². The first kappa shape index (κ1) is 6.65. The van der Waals surface area contributed by atoms with E-state index in [-0.39, 0.29) is 11.0 Å². The highest BCUT2D eigenvalue weighted by atomic mass is 35.5. The Balaban J connectivity index is 2.98. The number of halogens is 2. The maximum atomic E-state index is 10.3. The van der Waals surface area contributed by atoms with Gasteiger partial charge in [0, 0.05) is 0 Å². The summed E-state index contributed by atoms with van der Waals surface area (Å²) >= 11 is 10.4. The molecule has 0 radical (unpaired) electrons. The summed E-state index contributed by atoms with van der Waals surface area (Å²) in [4.78, 5) is 10.3. The fraction of sp³-hybridized carbons (Fsp3) is 0. The molecule has 1 aromatic rings. The quantitative estimate of drug-likeness (QED) is 0.597. The zero-order valence-electron chi connectivity index (χ0n) is 4.23. The highest BCUT2D eigenvalue weighted by molar-refractivity contribution is 6.67. The summed E-state index contributed by atoms with van der Waals surface area (Å²) in [5, 5.41) is -0.471. The van der Waals surface area contributed by atoms with Crippen LogP contribution in [0.15, 0.2) is 16.5 Å². The van der Waals surface area contributed by atoms with Crippen molar-refractivity contribution < 1.29 is 9.21 Å². The van der Waals surface area contributed by atoms with Crippen LogP contribution in [0.1, 0.15) is 10.6 Å². The minimum atomic E-state index is -0.637. The van der Waals surface area contributed by atoms with Crippen LogP contribution in [-0.4, -0.2) is 5.24 Å². The van der Waals surface area contributed by atoms with Crippen molar-refractivity contribution in [3.63, 3.8) is 0 Å². The topological polar surface area (TPSA) is 30.2 Å². The Hall–Kier alpha value is -0.470. The van der Waals surface area contributed by atoms with Gasteiger partial charge in [-0.05, 0) is 35.3 Å². The Labute approximate surface area is 61.4 Å². The van der Waals surface area contributed by atoms with Gasteiger partial charge in [0.15, 0.2) is 11.0 Å². The Bertz CT molecular complexity index is 229. The molecule has 0 atom stereocenters. The summed E-state index contributed by atoms with van der Waals surface area (Å²) in [6, 6.07) is 2.87. The standard InChI is InChI=1S/C5H2Cl2O2/c6-4-2-1-3(9-4)5(7)8/h1-2H. The van der Waals surface area contributed by atoms with Crippen LogP contribution >= 0.6 is 23.2 Å². The minimum Gasteiger partial charge on any atom is -0.440 e. The lowest BCUT2D eigenvalue weighted by molar-refractivity contribution is 0.105. The van der Waals surface area contributed by atoms with Crippen LogP contribution in [0.2, 0.25) is 5.22 Å². The van der Waals surface area contributed by atoms with E-state index in [1.165, 1.54) is 12.1 Å². The largest absolute Gasteiger partial charge is 0.440 e. The lowest BCUT2D eigenvalue weighted by Crippen LogP contribution is -1.80. The van der Waals surface area contributed by atoms with Crippen molar-refractivity contribution in [2.75, 3.05) is 0 Å². The molecule has 0 unspecified atom stereocenters. The van der Waals surface area contributed by atoms with Gasteiger partial charge < -0.3 is 4.42 Å². The number of carbonyl (C=O) groups is 1. The zero-order valence-corrected chi connectivity index (χ0v) is 5.74. The van der Waals surface area contributed by atoms with Gasteiger partial charge in [-0.15, -0.1) is 0 Å². The molecule has 4 heteroatoms. The maximum absolute atomic E-state index is 10.3. The van der Waals surface area contributed by atoms with E-state index in [0.29, 0.717) is 0 Å². The average Bonchev–Trinajstić information content (AvgIpc) is 2.14. The van der Waals surface area contributed by atoms with Crippen molar-refractivity contribution in [1.29, 1.82) is 0 Å². The normalized spacial score (nSPS) is 9.56. The van der Waals surface area contributed by atoms with Gasteiger partial charge in [0.05, 0.1) is 0 Å². The number of rotatable bonds is 1. The molecule has 2 nitrogen and oxygen atoms in total. The summed E-state index contributed by atoms with van der Waals surface area (Å²) in [6.45, 7) is 0. The van der Waals surface area contributed by atoms with Gasteiger partial charge in [-0.1, -0.05) is 0 Å². The molecule has 0 aliphatic heterocycles. The van der Waals surface area contributed by atoms with Crippen LogP contribution in [0.4, 0.5) is 0 Å². The molecule has 1 aromatic heterocycles. The second-order valence-corrected chi connectivity index (χ2v) is 2.09. The Morgan fingerprint density at radius 2 is 2.22 bits per heavy atom. The first-order valence-electron chi connectivity index (χ1n) is 2.15. The van der Waals surface area contributed by atoms with Gasteiger partial charge in [0.25, 0.3) is 5.24 Å². The molecule has 0 saturated carbocycles. The molecule has 48 valence electrons. The van der Waals surface area contributed by atoms with E-state index in [0.717, 1.165) is 0 Å². The average molecular weight is 165 g/mol. The van der Waals surface area contributed by atoms with Crippen molar-refractivity contribution in [3.8, 4) is 0 Å². The molecule has 0 aliphatic rings. The van der Waals surface area contributed by atoms with Crippen LogP contribution in [0.3, 0.4) is 0 Å². The van der Waals surface area contributed by atoms with Crippen LogP contribution in [0.5, 0.6) is 0 Å². The van der Waals surface area contributed by atoms with Gasteiger partial charge >= 0.3 is 0 Å². The van der Waals surface area contributed by atoms with Crippen molar-refractivity contribution in [3.05, 3.63) is 23.1 Å². The molecular formula is C5H2Cl2O2. The molecule has 0 aromatic carbocycles. The van der Waals surface area contributed by atoms with E-state index < -0.39 is 5.24 Å². The second kappa shape index (κ2) is 2.42. The lowest BCUT2D eigenvalue weighted by Gasteiger charge is -1.79. The highest BCUT2D eigenvalue weighted by Gasteiger charge is 2.05. The van der Waals surface area contributed by atoms with Gasteiger partial charge in [-0.3, -0.25) is 4.79 Å². The first-order valence-corrected chi connectivity index (χ1v) is 2.91. The van der Waals surface area contributed by atoms with Gasteiger partial charge in [0.1, 0.15) is 0 Å². The Kier molecular flexibility index (Phi) is 1.78. The SMILES string of the molecule is O=C(Cl)c1ccc(Cl)o1. The molecule has 0 N–H and O–H groups in total. The number of hydrogen-bond acceptors (Lipinski definition) is 2. The van der Waals surface area contributed by atoms with Crippen molar-refractivity contribution in [2.24, 2.45) is 0 Å². The lowest BCUT2D eigenvalue weighted by atomic mass is 10.5. The van der Waals surface area contributed by atoms with E-state index in [4.69, 9.17) is 23.2 Å². The third-order valence-corrected chi connectivity index (χ3v) is 1.16. The van der Waals surface area contributed by atoms with E-state index in [2.05, 4.69) is 4.42 Å². The fourth-order valence-corrected chi connectivity index (χ4v) is 0.668. The Morgan fingerprint density at radius 3 is 2.44 bits per heavy atom. The molecule has 9 heavy (non-hydrogen) atoms. The summed E-state index contributed by atoms with van der Waals surface area (Å²) < 4.78 is 4.63. The number of hydrogen-bond donors (Lipinski definition) is 0. The minimum absolute atomic E-state index is 0.0710. The second-order valence-electron chi connectivity index (χ2n) is 1.38. The third kappa shape index (κ3) is 1.47. The van der Waals surface area contributed by atoms with Crippen molar-refractivity contribution in [2.45, 2.75) is 0 Å². The molecule has 0 bridgehead atoms. The molecule has 0 amide bonds. The smallest absolute Gasteiger partial charge is 0.287 e. The zero-order chi connectivity index (χ0) is 6.85. The van der Waals surface area contributed by atoms with Crippen molar-refractivity contribution in [1.82, 2.24) is 0 Å². The summed E-state index contributed by atoms with van der Waals surface area (Å²) in [5.41, 5.74) is 0. The van der Waals surface area contributed by atoms with Crippen LogP contribution in [0, 0.1) is 0 Å². The Morgan fingerprint density at radius 1 is 1.56 bits per heavy atom. The highest BCUT2D eigenvalue weighted by Crippen LogP contribution is 2.14. The predicted octanol–water partition coefficient (Wildman–Crippen LogP) is 2.31. The van der Waals surface area contributed by atoms with E-state index >= 15 is 0 Å². The van der Waals surface area contributed by atoms with Gasteiger partial charge in [-0.25, -0.2) is 0 Å². The van der Waals surface area contributed by atoms with E-state index in [1.54, 1.807) is 0 Å². The predicted molar refractivity (Wildman–Crippen MR) is 33.9 cm³/mol. The van der Waals surface area contributed by atoms with E-state index in [9.17, 15) is 4.79 Å². The molecule has 0 fully saturated rings. The molecule has 0 saturated heterocycles. The fourth-order valence-electron chi connectivity index (χ4n) is 0.420. The number of furan rings is 1. The summed E-state index contributed by atoms with van der Waals surface area (Å²) in [6.07, 6.45) is 0. The molecule has 0 aliphatic carbocycles. The van der Waals surface area contributed by atoms with Crippen LogP contribution in [-0.2, 0) is 0 Å². The van der Waals surface area contributed by atoms with E-state index in [1.807, 2.05) is 0 Å². The van der Waals surface area contributed by atoms with Crippen LogP contribution < -0.4 is 0 Å². The molecule has 0 spiro atoms. The first-order chi connectivity index (χ1) is 4.20. The number of carbonyl (C=O) groups excluding carboxylic acids is 1. The maximum Gasteiger partial charge on any atom is 0.287 e. The van der Waals surface area contributed by atoms with Crippen molar-refractivity contribution >= 4 is 28.4 Å². The monoisotopic (exact) mass is 164 g/mol. The van der Waals surface area contributed by atoms with Gasteiger partial charge in [-0.2, -0.15) is 0 Å². The molecule has 1 rings (SSSR count). The van der Waals surface area contributed by atoms with Gasteiger partial charge in [0.2, 0.25) is 0 Å².